The highest BCUT2D eigenvalue weighted by Gasteiger charge is 2.37. The minimum atomic E-state index is -2.10. The number of thioether (sulfide) groups is 1. The van der Waals surface area contributed by atoms with Gasteiger partial charge >= 0.3 is 5.97 Å². The number of aliphatic carboxylic acids is 1. The number of amides is 1. The summed E-state index contributed by atoms with van der Waals surface area (Å²) in [6.45, 7) is 0. The Morgan fingerprint density at radius 2 is 1.85 bits per heavy atom. The van der Waals surface area contributed by atoms with E-state index in [0.29, 0.717) is 0 Å². The minimum absolute atomic E-state index is 0.0597. The Labute approximate surface area is 114 Å². The number of rotatable bonds is 2. The molecule has 1 saturated heterocycles. The smallest absolute Gasteiger partial charge is 0.327 e. The van der Waals surface area contributed by atoms with E-state index in [1.165, 1.54) is 0 Å². The van der Waals surface area contributed by atoms with Crippen molar-refractivity contribution in [1.29, 1.82) is 0 Å². The summed E-state index contributed by atoms with van der Waals surface area (Å²) in [5.74, 6) is -10.2. The number of carbonyl (C=O) groups excluding carboxylic acids is 1. The van der Waals surface area contributed by atoms with Crippen molar-refractivity contribution in [3.63, 3.8) is 0 Å². The maximum absolute atomic E-state index is 13.5. The molecule has 1 fully saturated rings. The molecule has 0 aliphatic carbocycles. The molecule has 1 aliphatic heterocycles. The molecule has 4 nitrogen and oxygen atoms in total. The molecule has 0 radical (unpaired) electrons. The zero-order valence-corrected chi connectivity index (χ0v) is 10.5. The molecule has 2 rings (SSSR count). The third kappa shape index (κ3) is 2.33. The van der Waals surface area contributed by atoms with E-state index >= 15 is 0 Å². The lowest BCUT2D eigenvalue weighted by Crippen LogP contribution is -2.42. The first-order chi connectivity index (χ1) is 9.34. The third-order valence-corrected chi connectivity index (χ3v) is 3.77. The minimum Gasteiger partial charge on any atom is -0.480 e. The quantitative estimate of drug-likeness (QED) is 0.514. The van der Waals surface area contributed by atoms with Gasteiger partial charge in [-0.15, -0.1) is 11.8 Å². The molecular weight excluding hydrogens is 302 g/mol. The van der Waals surface area contributed by atoms with Crippen molar-refractivity contribution in [3.8, 4) is 0 Å². The van der Waals surface area contributed by atoms with Crippen molar-refractivity contribution >= 4 is 23.6 Å². The fourth-order valence-electron chi connectivity index (χ4n) is 1.73. The van der Waals surface area contributed by atoms with Crippen LogP contribution in [0.2, 0.25) is 0 Å². The lowest BCUT2D eigenvalue weighted by molar-refractivity contribution is -0.140. The topological polar surface area (TPSA) is 57.6 Å². The SMILES string of the molecule is O=C(O)C1CSCN1C(=O)c1cc(F)c(F)c(F)c1F. The molecule has 1 unspecified atom stereocenters. The Morgan fingerprint density at radius 1 is 1.20 bits per heavy atom. The van der Waals surface area contributed by atoms with Crippen LogP contribution in [0.25, 0.3) is 0 Å². The van der Waals surface area contributed by atoms with Crippen LogP contribution in [0.1, 0.15) is 10.4 Å². The van der Waals surface area contributed by atoms with Gasteiger partial charge in [-0.05, 0) is 6.07 Å². The average Bonchev–Trinajstić information content (AvgIpc) is 2.89. The summed E-state index contributed by atoms with van der Waals surface area (Å²) in [7, 11) is 0. The normalized spacial score (nSPS) is 18.4. The van der Waals surface area contributed by atoms with E-state index in [0.717, 1.165) is 16.7 Å². The predicted octanol–water partition coefficient (Wildman–Crippen LogP) is 1.84. The number of carbonyl (C=O) groups is 2. The number of halogens is 4. The van der Waals surface area contributed by atoms with Crippen LogP contribution < -0.4 is 0 Å². The van der Waals surface area contributed by atoms with Gasteiger partial charge in [0.1, 0.15) is 6.04 Å². The van der Waals surface area contributed by atoms with Crippen molar-refractivity contribution < 1.29 is 32.3 Å². The Hall–Kier alpha value is -1.77. The highest BCUT2D eigenvalue weighted by molar-refractivity contribution is 7.99. The second kappa shape index (κ2) is 5.31. The molecule has 1 atom stereocenters. The first-order valence-electron chi connectivity index (χ1n) is 5.29. The van der Waals surface area contributed by atoms with E-state index in [2.05, 4.69) is 0 Å². The predicted molar refractivity (Wildman–Crippen MR) is 61.2 cm³/mol. The lowest BCUT2D eigenvalue weighted by Gasteiger charge is -2.20. The molecule has 1 heterocycles. The summed E-state index contributed by atoms with van der Waals surface area (Å²) in [5.41, 5.74) is -1.03. The first kappa shape index (κ1) is 14.6. The molecule has 1 aliphatic rings. The number of benzene rings is 1. The number of hydrogen-bond donors (Lipinski definition) is 1. The molecule has 108 valence electrons. The van der Waals surface area contributed by atoms with Crippen LogP contribution in [-0.4, -0.2) is 39.6 Å². The van der Waals surface area contributed by atoms with E-state index in [-0.39, 0.29) is 17.7 Å². The monoisotopic (exact) mass is 309 g/mol. The lowest BCUT2D eigenvalue weighted by atomic mass is 10.1. The molecule has 0 bridgehead atoms. The molecular formula is C11H7F4NO3S. The number of nitrogens with zero attached hydrogens (tertiary/aromatic N) is 1. The first-order valence-corrected chi connectivity index (χ1v) is 6.44. The van der Waals surface area contributed by atoms with Crippen LogP contribution in [-0.2, 0) is 4.79 Å². The summed E-state index contributed by atoms with van der Waals surface area (Å²) >= 11 is 1.10. The molecule has 9 heteroatoms. The van der Waals surface area contributed by atoms with Gasteiger partial charge in [0.05, 0.1) is 11.4 Å². The maximum atomic E-state index is 13.5. The molecule has 1 aromatic carbocycles. The summed E-state index contributed by atoms with van der Waals surface area (Å²) < 4.78 is 52.4. The van der Waals surface area contributed by atoms with Crippen LogP contribution in [0.5, 0.6) is 0 Å². The molecule has 1 N–H and O–H groups in total. The van der Waals surface area contributed by atoms with Gasteiger partial charge in [-0.3, -0.25) is 4.79 Å². The zero-order chi connectivity index (χ0) is 15.0. The number of carboxylic acid groups (broad SMARTS) is 1. The maximum Gasteiger partial charge on any atom is 0.327 e. The van der Waals surface area contributed by atoms with Gasteiger partial charge in [0, 0.05) is 5.75 Å². The Bertz CT molecular complexity index is 596. The Kier molecular flexibility index (Phi) is 3.89. The molecule has 1 aromatic rings. The van der Waals surface area contributed by atoms with E-state index < -0.39 is 46.8 Å². The highest BCUT2D eigenvalue weighted by Crippen LogP contribution is 2.26. The molecule has 0 spiro atoms. The second-order valence-electron chi connectivity index (χ2n) is 3.98. The van der Waals surface area contributed by atoms with E-state index in [1.54, 1.807) is 0 Å². The van der Waals surface area contributed by atoms with E-state index in [1.807, 2.05) is 0 Å². The average molecular weight is 309 g/mol. The van der Waals surface area contributed by atoms with E-state index in [9.17, 15) is 27.2 Å². The second-order valence-corrected chi connectivity index (χ2v) is 4.98. The van der Waals surface area contributed by atoms with Gasteiger partial charge in [-0.25, -0.2) is 22.4 Å². The van der Waals surface area contributed by atoms with Gasteiger partial charge in [0.15, 0.2) is 23.3 Å². The Morgan fingerprint density at radius 3 is 2.45 bits per heavy atom. The third-order valence-electron chi connectivity index (χ3n) is 2.76. The summed E-state index contributed by atoms with van der Waals surface area (Å²) in [5, 5.41) is 8.89. The summed E-state index contributed by atoms with van der Waals surface area (Å²) in [4.78, 5) is 23.6. The van der Waals surface area contributed by atoms with Crippen LogP contribution >= 0.6 is 11.8 Å². The van der Waals surface area contributed by atoms with Crippen molar-refractivity contribution in [1.82, 2.24) is 4.90 Å². The summed E-state index contributed by atoms with van der Waals surface area (Å²) in [6, 6.07) is -0.999. The van der Waals surface area contributed by atoms with Crippen LogP contribution in [0.3, 0.4) is 0 Å². The summed E-state index contributed by atoms with van der Waals surface area (Å²) in [6.07, 6.45) is 0. The zero-order valence-electron chi connectivity index (χ0n) is 9.70. The van der Waals surface area contributed by atoms with Gasteiger partial charge in [-0.2, -0.15) is 0 Å². The van der Waals surface area contributed by atoms with Gasteiger partial charge < -0.3 is 10.0 Å². The molecule has 0 saturated carbocycles. The Balaban J connectivity index is 2.42. The highest BCUT2D eigenvalue weighted by atomic mass is 32.2. The van der Waals surface area contributed by atoms with Crippen LogP contribution in [0, 0.1) is 23.3 Å². The van der Waals surface area contributed by atoms with Crippen molar-refractivity contribution in [2.75, 3.05) is 11.6 Å². The van der Waals surface area contributed by atoms with Gasteiger partial charge in [-0.1, -0.05) is 0 Å². The molecule has 1 amide bonds. The number of carboxylic acids is 1. The molecule has 20 heavy (non-hydrogen) atoms. The van der Waals surface area contributed by atoms with Crippen LogP contribution in [0.4, 0.5) is 17.6 Å². The van der Waals surface area contributed by atoms with Crippen molar-refractivity contribution in [3.05, 3.63) is 34.9 Å². The standard InChI is InChI=1S/C11H7F4NO3S/c12-5-1-4(7(13)9(15)8(5)14)10(17)16-3-20-2-6(16)11(18)19/h1,6H,2-3H2,(H,18,19). The van der Waals surface area contributed by atoms with Gasteiger partial charge in [0.2, 0.25) is 0 Å². The van der Waals surface area contributed by atoms with Gasteiger partial charge in [0.25, 0.3) is 5.91 Å². The fraction of sp³-hybridized carbons (Fsp3) is 0.273. The largest absolute Gasteiger partial charge is 0.480 e. The van der Waals surface area contributed by atoms with E-state index in [4.69, 9.17) is 5.11 Å². The number of hydrogen-bond acceptors (Lipinski definition) is 3. The van der Waals surface area contributed by atoms with Crippen molar-refractivity contribution in [2.45, 2.75) is 6.04 Å². The fourth-order valence-corrected chi connectivity index (χ4v) is 2.88. The van der Waals surface area contributed by atoms with Crippen molar-refractivity contribution in [2.24, 2.45) is 0 Å². The van der Waals surface area contributed by atoms with Crippen LogP contribution in [0.15, 0.2) is 6.07 Å². The molecule has 0 aromatic heterocycles.